The first-order valence-corrected chi connectivity index (χ1v) is 4.90. The third kappa shape index (κ3) is 3.74. The van der Waals surface area contributed by atoms with E-state index in [0.717, 1.165) is 11.3 Å². The predicted octanol–water partition coefficient (Wildman–Crippen LogP) is 1.26. The molecular formula is C11H14IN5. The van der Waals surface area contributed by atoms with Crippen molar-refractivity contribution < 1.29 is 0 Å². The molecule has 0 saturated carbocycles. The van der Waals surface area contributed by atoms with Crippen molar-refractivity contribution in [2.24, 2.45) is 16.5 Å². The maximum absolute atomic E-state index is 5.28. The van der Waals surface area contributed by atoms with Crippen molar-refractivity contribution in [1.82, 2.24) is 9.78 Å². The van der Waals surface area contributed by atoms with Gasteiger partial charge in [-0.25, -0.2) is 9.67 Å². The van der Waals surface area contributed by atoms with E-state index in [-0.39, 0.29) is 29.9 Å². The van der Waals surface area contributed by atoms with E-state index < -0.39 is 0 Å². The number of nitrogens with two attached hydrogens (primary N) is 2. The Balaban J connectivity index is 0.00000144. The second-order valence-electron chi connectivity index (χ2n) is 3.36. The lowest BCUT2D eigenvalue weighted by atomic mass is 10.2. The molecule has 2 rings (SSSR count). The average Bonchev–Trinajstić information content (AvgIpc) is 2.80. The van der Waals surface area contributed by atoms with Crippen LogP contribution in [0.4, 0.5) is 0 Å². The number of hydrogen-bond acceptors (Lipinski definition) is 2. The number of aromatic nitrogens is 2. The molecule has 0 spiro atoms. The molecule has 0 saturated heterocycles. The quantitative estimate of drug-likeness (QED) is 0.500. The molecule has 0 fully saturated rings. The first-order valence-electron chi connectivity index (χ1n) is 4.90. The van der Waals surface area contributed by atoms with Crippen molar-refractivity contribution in [3.8, 4) is 5.69 Å². The van der Waals surface area contributed by atoms with Gasteiger partial charge in [0.05, 0.1) is 12.2 Å². The number of halogens is 1. The topological polar surface area (TPSA) is 82.2 Å². The molecule has 0 aliphatic rings. The van der Waals surface area contributed by atoms with Gasteiger partial charge in [-0.15, -0.1) is 24.0 Å². The van der Waals surface area contributed by atoms with E-state index in [9.17, 15) is 0 Å². The Kier molecular flexibility index (Phi) is 4.95. The Bertz CT molecular complexity index is 488. The summed E-state index contributed by atoms with van der Waals surface area (Å²) in [5, 5.41) is 4.15. The molecule has 2 aromatic rings. The highest BCUT2D eigenvalue weighted by Crippen LogP contribution is 2.10. The normalized spacial score (nSPS) is 9.41. The Morgan fingerprint density at radius 2 is 2.12 bits per heavy atom. The molecule has 1 heterocycles. The molecule has 0 radical (unpaired) electrons. The van der Waals surface area contributed by atoms with Crippen LogP contribution in [0.2, 0.25) is 0 Å². The Hall–Kier alpha value is -1.57. The SMILES string of the molecule is I.NC(N)=NCc1cccc(-n2cccn2)c1. The summed E-state index contributed by atoms with van der Waals surface area (Å²) in [5.74, 6) is 0.101. The molecule has 17 heavy (non-hydrogen) atoms. The summed E-state index contributed by atoms with van der Waals surface area (Å²) in [6.07, 6.45) is 3.63. The van der Waals surface area contributed by atoms with Crippen LogP contribution in [0.5, 0.6) is 0 Å². The highest BCUT2D eigenvalue weighted by Gasteiger charge is 1.97. The van der Waals surface area contributed by atoms with Gasteiger partial charge in [-0.1, -0.05) is 12.1 Å². The maximum Gasteiger partial charge on any atom is 0.186 e. The van der Waals surface area contributed by atoms with Crippen molar-refractivity contribution >= 4 is 29.9 Å². The Morgan fingerprint density at radius 1 is 1.29 bits per heavy atom. The minimum atomic E-state index is 0. The van der Waals surface area contributed by atoms with E-state index in [1.54, 1.807) is 10.9 Å². The van der Waals surface area contributed by atoms with Gasteiger partial charge in [0.25, 0.3) is 0 Å². The van der Waals surface area contributed by atoms with Crippen molar-refractivity contribution in [1.29, 1.82) is 0 Å². The molecule has 0 unspecified atom stereocenters. The van der Waals surface area contributed by atoms with E-state index in [1.165, 1.54) is 0 Å². The van der Waals surface area contributed by atoms with Crippen LogP contribution in [0, 0.1) is 0 Å². The Labute approximate surface area is 117 Å². The summed E-state index contributed by atoms with van der Waals surface area (Å²) in [6.45, 7) is 0.484. The molecule has 4 N–H and O–H groups in total. The summed E-state index contributed by atoms with van der Waals surface area (Å²) >= 11 is 0. The van der Waals surface area contributed by atoms with Gasteiger partial charge in [0, 0.05) is 12.4 Å². The summed E-state index contributed by atoms with van der Waals surface area (Å²) in [6, 6.07) is 9.78. The molecule has 90 valence electrons. The van der Waals surface area contributed by atoms with Crippen LogP contribution in [-0.4, -0.2) is 15.7 Å². The second-order valence-corrected chi connectivity index (χ2v) is 3.36. The zero-order valence-electron chi connectivity index (χ0n) is 9.15. The molecule has 0 amide bonds. The fourth-order valence-electron chi connectivity index (χ4n) is 1.40. The molecule has 1 aromatic heterocycles. The minimum absolute atomic E-state index is 0. The van der Waals surface area contributed by atoms with Gasteiger partial charge in [0.2, 0.25) is 0 Å². The van der Waals surface area contributed by atoms with Crippen LogP contribution in [-0.2, 0) is 6.54 Å². The molecule has 0 aliphatic carbocycles. The third-order valence-electron chi connectivity index (χ3n) is 2.12. The van der Waals surface area contributed by atoms with Gasteiger partial charge in [0.15, 0.2) is 5.96 Å². The van der Waals surface area contributed by atoms with E-state index in [4.69, 9.17) is 11.5 Å². The van der Waals surface area contributed by atoms with Gasteiger partial charge in [0.1, 0.15) is 0 Å². The smallest absolute Gasteiger partial charge is 0.186 e. The lowest BCUT2D eigenvalue weighted by Gasteiger charge is -2.03. The maximum atomic E-state index is 5.28. The van der Waals surface area contributed by atoms with Gasteiger partial charge < -0.3 is 11.5 Å². The van der Waals surface area contributed by atoms with Crippen LogP contribution in [0.1, 0.15) is 5.56 Å². The van der Waals surface area contributed by atoms with Gasteiger partial charge in [-0.05, 0) is 23.8 Å². The molecule has 0 atom stereocenters. The van der Waals surface area contributed by atoms with E-state index in [1.807, 2.05) is 36.5 Å². The molecule has 6 heteroatoms. The van der Waals surface area contributed by atoms with Crippen molar-refractivity contribution in [3.05, 3.63) is 48.3 Å². The van der Waals surface area contributed by atoms with Crippen molar-refractivity contribution in [2.45, 2.75) is 6.54 Å². The molecule has 1 aromatic carbocycles. The van der Waals surface area contributed by atoms with E-state index in [0.29, 0.717) is 6.54 Å². The first-order chi connectivity index (χ1) is 7.75. The summed E-state index contributed by atoms with van der Waals surface area (Å²) in [7, 11) is 0. The Morgan fingerprint density at radius 3 is 2.76 bits per heavy atom. The first kappa shape index (κ1) is 13.5. The van der Waals surface area contributed by atoms with Gasteiger partial charge >= 0.3 is 0 Å². The number of benzene rings is 1. The van der Waals surface area contributed by atoms with E-state index in [2.05, 4.69) is 10.1 Å². The molecule has 0 bridgehead atoms. The fourth-order valence-corrected chi connectivity index (χ4v) is 1.40. The van der Waals surface area contributed by atoms with Gasteiger partial charge in [-0.2, -0.15) is 5.10 Å². The zero-order chi connectivity index (χ0) is 11.4. The summed E-state index contributed by atoms with van der Waals surface area (Å²) in [4.78, 5) is 3.96. The standard InChI is InChI=1S/C11H13N5.HI/c12-11(13)14-8-9-3-1-4-10(7-9)16-6-2-5-15-16;/h1-7H,8H2,(H4,12,13,14);1H. The molecule has 5 nitrogen and oxygen atoms in total. The lowest BCUT2D eigenvalue weighted by molar-refractivity contribution is 0.876. The third-order valence-corrected chi connectivity index (χ3v) is 2.12. The molecular weight excluding hydrogens is 329 g/mol. The number of guanidine groups is 1. The fraction of sp³-hybridized carbons (Fsp3) is 0.0909. The van der Waals surface area contributed by atoms with Crippen LogP contribution in [0.25, 0.3) is 5.69 Å². The largest absolute Gasteiger partial charge is 0.370 e. The van der Waals surface area contributed by atoms with Crippen molar-refractivity contribution in [3.63, 3.8) is 0 Å². The number of nitrogens with zero attached hydrogens (tertiary/aromatic N) is 3. The number of aliphatic imine (C=N–C) groups is 1. The average molecular weight is 343 g/mol. The van der Waals surface area contributed by atoms with E-state index >= 15 is 0 Å². The van der Waals surface area contributed by atoms with Crippen LogP contribution >= 0.6 is 24.0 Å². The van der Waals surface area contributed by atoms with Crippen LogP contribution < -0.4 is 11.5 Å². The van der Waals surface area contributed by atoms with Crippen LogP contribution in [0.15, 0.2) is 47.7 Å². The monoisotopic (exact) mass is 343 g/mol. The van der Waals surface area contributed by atoms with Crippen molar-refractivity contribution in [2.75, 3.05) is 0 Å². The number of rotatable bonds is 3. The van der Waals surface area contributed by atoms with Gasteiger partial charge in [-0.3, -0.25) is 0 Å². The molecule has 0 aliphatic heterocycles. The lowest BCUT2D eigenvalue weighted by Crippen LogP contribution is -2.22. The highest BCUT2D eigenvalue weighted by molar-refractivity contribution is 14.0. The summed E-state index contributed by atoms with van der Waals surface area (Å²) < 4.78 is 1.79. The second kappa shape index (κ2) is 6.24. The van der Waals surface area contributed by atoms with Crippen LogP contribution in [0.3, 0.4) is 0 Å². The highest BCUT2D eigenvalue weighted by atomic mass is 127. The minimum Gasteiger partial charge on any atom is -0.370 e. The zero-order valence-corrected chi connectivity index (χ0v) is 11.5. The predicted molar refractivity (Wildman–Crippen MR) is 78.5 cm³/mol. The number of hydrogen-bond donors (Lipinski definition) is 2. The summed E-state index contributed by atoms with van der Waals surface area (Å²) in [5.41, 5.74) is 12.6.